The van der Waals surface area contributed by atoms with E-state index in [9.17, 15) is 24.8 Å². The first-order valence-electron chi connectivity index (χ1n) is 11.5. The Kier molecular flexibility index (Phi) is 6.17. The van der Waals surface area contributed by atoms with Gasteiger partial charge in [-0.15, -0.1) is 23.1 Å². The van der Waals surface area contributed by atoms with Crippen molar-refractivity contribution in [3.05, 3.63) is 22.3 Å². The molecular formula is C22H26N7O5S2+. The molecule has 6 rings (SSSR count). The fourth-order valence-corrected chi connectivity index (χ4v) is 7.46. The van der Waals surface area contributed by atoms with Crippen LogP contribution in [0.25, 0.3) is 0 Å². The third kappa shape index (κ3) is 4.00. The quantitative estimate of drug-likeness (QED) is 0.194. The lowest BCUT2D eigenvalue weighted by Gasteiger charge is -2.54. The summed E-state index contributed by atoms with van der Waals surface area (Å²) in [5.41, 5.74) is 6.28. The van der Waals surface area contributed by atoms with E-state index >= 15 is 0 Å². The number of piperidine rings is 3. The first-order chi connectivity index (χ1) is 17.2. The summed E-state index contributed by atoms with van der Waals surface area (Å²) in [6.07, 6.45) is 2.46. The van der Waals surface area contributed by atoms with Gasteiger partial charge in [0.25, 0.3) is 11.8 Å². The first-order valence-corrected chi connectivity index (χ1v) is 13.4. The zero-order valence-corrected chi connectivity index (χ0v) is 21.2. The number of aromatic nitrogens is 1. The SMILES string of the molecule is CO/N=C(\C(=O)N[C@@H]1C(=O)N2C(C(=O)O)=C(C[N+]34CCC(C#N)(CC3)CC4)CS[C@H]12)c1csc(N)n1. The number of nitriles is 1. The smallest absolute Gasteiger partial charge is 0.352 e. The molecule has 0 spiro atoms. The number of carbonyl (C=O) groups excluding carboxylic acids is 2. The van der Waals surface area contributed by atoms with Gasteiger partial charge in [0.15, 0.2) is 10.8 Å². The maximum Gasteiger partial charge on any atom is 0.352 e. The number of carboxylic acid groups (broad SMARTS) is 1. The summed E-state index contributed by atoms with van der Waals surface area (Å²) < 4.78 is 0.760. The molecule has 0 saturated carbocycles. The van der Waals surface area contributed by atoms with Crippen molar-refractivity contribution in [2.75, 3.05) is 44.8 Å². The van der Waals surface area contributed by atoms with E-state index in [1.807, 2.05) is 0 Å². The van der Waals surface area contributed by atoms with Crippen molar-refractivity contribution >= 4 is 51.7 Å². The highest BCUT2D eigenvalue weighted by Gasteiger charge is 2.56. The van der Waals surface area contributed by atoms with Crippen LogP contribution in [0.1, 0.15) is 25.0 Å². The molecule has 36 heavy (non-hydrogen) atoms. The number of rotatable bonds is 7. The van der Waals surface area contributed by atoms with Crippen molar-refractivity contribution < 1.29 is 28.8 Å². The van der Waals surface area contributed by atoms with Crippen molar-refractivity contribution in [3.63, 3.8) is 0 Å². The van der Waals surface area contributed by atoms with Crippen molar-refractivity contribution in [2.24, 2.45) is 10.6 Å². The number of oxime groups is 1. The number of fused-ring (bicyclic) bond motifs is 4. The number of hydrogen-bond acceptors (Lipinski definition) is 10. The van der Waals surface area contributed by atoms with Crippen molar-refractivity contribution in [3.8, 4) is 6.07 Å². The Bertz CT molecular complexity index is 1210. The predicted molar refractivity (Wildman–Crippen MR) is 131 cm³/mol. The van der Waals surface area contributed by atoms with Crippen LogP contribution in [-0.2, 0) is 19.2 Å². The van der Waals surface area contributed by atoms with Crippen LogP contribution in [0.2, 0.25) is 0 Å². The number of aliphatic carboxylic acids is 1. The van der Waals surface area contributed by atoms with Gasteiger partial charge >= 0.3 is 5.97 Å². The molecule has 12 nitrogen and oxygen atoms in total. The molecule has 0 aromatic carbocycles. The monoisotopic (exact) mass is 532 g/mol. The van der Waals surface area contributed by atoms with Gasteiger partial charge in [-0.25, -0.2) is 9.78 Å². The van der Waals surface area contributed by atoms with Crippen molar-refractivity contribution in [1.82, 2.24) is 15.2 Å². The number of carbonyl (C=O) groups is 3. The second-order valence-corrected chi connectivity index (χ2v) is 11.6. The molecule has 4 N–H and O–H groups in total. The second kappa shape index (κ2) is 9.06. The number of amides is 2. The second-order valence-electron chi connectivity index (χ2n) is 9.62. The van der Waals surface area contributed by atoms with Gasteiger partial charge in [-0.05, 0) is 0 Å². The van der Waals surface area contributed by atoms with Crippen LogP contribution in [-0.4, -0.2) is 93.4 Å². The average molecular weight is 533 g/mol. The van der Waals surface area contributed by atoms with Gasteiger partial charge in [-0.2, -0.15) is 5.26 Å². The number of thioether (sulfide) groups is 1. The number of nitrogens with zero attached hydrogens (tertiary/aromatic N) is 5. The fraction of sp³-hybridized carbons (Fsp3) is 0.545. The maximum atomic E-state index is 13.1. The van der Waals surface area contributed by atoms with Crippen LogP contribution in [0.3, 0.4) is 0 Å². The summed E-state index contributed by atoms with van der Waals surface area (Å²) in [6, 6.07) is 1.60. The van der Waals surface area contributed by atoms with E-state index in [-0.39, 0.29) is 27.6 Å². The molecule has 4 fully saturated rings. The van der Waals surface area contributed by atoms with Gasteiger partial charge in [-0.3, -0.25) is 14.5 Å². The number of hydrogen-bond donors (Lipinski definition) is 3. The minimum atomic E-state index is -1.15. The van der Waals surface area contributed by atoms with E-state index in [0.717, 1.165) is 60.3 Å². The van der Waals surface area contributed by atoms with Gasteiger partial charge in [0, 0.05) is 36.0 Å². The molecule has 4 saturated heterocycles. The lowest BCUT2D eigenvalue weighted by atomic mass is 9.71. The fourth-order valence-electron chi connectivity index (χ4n) is 5.58. The normalized spacial score (nSPS) is 31.4. The lowest BCUT2D eigenvalue weighted by molar-refractivity contribution is -0.940. The first kappa shape index (κ1) is 24.5. The minimum absolute atomic E-state index is 0.0162. The van der Waals surface area contributed by atoms with E-state index < -0.39 is 29.2 Å². The van der Waals surface area contributed by atoms with Crippen LogP contribution in [0, 0.1) is 16.7 Å². The molecule has 0 unspecified atom stereocenters. The Morgan fingerprint density at radius 3 is 2.67 bits per heavy atom. The average Bonchev–Trinajstić information content (AvgIpc) is 3.31. The van der Waals surface area contributed by atoms with Gasteiger partial charge in [-0.1, -0.05) is 5.16 Å². The number of thiazole rings is 1. The summed E-state index contributed by atoms with van der Waals surface area (Å²) >= 11 is 2.58. The van der Waals surface area contributed by atoms with Gasteiger partial charge in [0.1, 0.15) is 36.5 Å². The van der Waals surface area contributed by atoms with Gasteiger partial charge in [0.2, 0.25) is 0 Å². The van der Waals surface area contributed by atoms with Crippen LogP contribution in [0.5, 0.6) is 0 Å². The summed E-state index contributed by atoms with van der Waals surface area (Å²) in [4.78, 5) is 48.4. The molecule has 5 aliphatic rings. The number of nitrogen functional groups attached to an aromatic ring is 1. The van der Waals surface area contributed by atoms with Crippen LogP contribution < -0.4 is 11.1 Å². The number of quaternary nitrogens is 1. The number of carboxylic acids is 1. The predicted octanol–water partition coefficient (Wildman–Crippen LogP) is 0.339. The van der Waals surface area contributed by atoms with Gasteiger partial charge in [0.05, 0.1) is 31.1 Å². The standard InChI is InChI=1S/C22H25N7O5S2/c1-34-27-14(13-10-36-21(24)25-13)17(30)26-15-18(31)28-16(20(32)33)12(9-35-19(15)28)8-29-5-2-22(11-23,3-6-29)4-7-29/h10,15,19H,2-9H2,1H3,(H3-,24,25,26,30,32,33)/p+1/b27-14-/t15-,19-,22?,29?/m1/s1. The summed E-state index contributed by atoms with van der Waals surface area (Å²) in [7, 11) is 1.29. The summed E-state index contributed by atoms with van der Waals surface area (Å²) in [5, 5.41) is 27.3. The molecule has 0 aliphatic carbocycles. The van der Waals surface area contributed by atoms with Crippen molar-refractivity contribution in [2.45, 2.75) is 30.7 Å². The molecule has 2 amide bonds. The van der Waals surface area contributed by atoms with Crippen molar-refractivity contribution in [1.29, 1.82) is 5.26 Å². The molecule has 1 aromatic heterocycles. The van der Waals surface area contributed by atoms with E-state index in [2.05, 4.69) is 21.5 Å². The largest absolute Gasteiger partial charge is 0.477 e. The Morgan fingerprint density at radius 1 is 1.42 bits per heavy atom. The summed E-state index contributed by atoms with van der Waals surface area (Å²) in [5.74, 6) is -1.83. The third-order valence-electron chi connectivity index (χ3n) is 7.66. The molecule has 14 heteroatoms. The van der Waals surface area contributed by atoms with E-state index in [0.29, 0.717) is 12.3 Å². The highest BCUT2D eigenvalue weighted by Crippen LogP contribution is 2.46. The number of β-lactam (4-membered cyclic amide) rings is 1. The lowest BCUT2D eigenvalue weighted by Crippen LogP contribution is -2.71. The summed E-state index contributed by atoms with van der Waals surface area (Å²) in [6.45, 7) is 3.08. The zero-order valence-electron chi connectivity index (χ0n) is 19.6. The topological polar surface area (TPSA) is 171 Å². The minimum Gasteiger partial charge on any atom is -0.477 e. The van der Waals surface area contributed by atoms with E-state index in [1.165, 1.54) is 23.8 Å². The number of anilines is 1. The Labute approximate surface area is 215 Å². The number of nitrogens with one attached hydrogen (secondary N) is 1. The van der Waals surface area contributed by atoms with Crippen LogP contribution in [0.15, 0.2) is 21.8 Å². The Morgan fingerprint density at radius 2 is 2.11 bits per heavy atom. The van der Waals surface area contributed by atoms with E-state index in [4.69, 9.17) is 10.6 Å². The Hall–Kier alpha value is -3.15. The van der Waals surface area contributed by atoms with Crippen LogP contribution >= 0.6 is 23.1 Å². The Balaban J connectivity index is 1.32. The molecular weight excluding hydrogens is 506 g/mol. The van der Waals surface area contributed by atoms with E-state index in [1.54, 1.807) is 5.38 Å². The maximum absolute atomic E-state index is 13.1. The third-order valence-corrected chi connectivity index (χ3v) is 9.67. The number of nitrogens with two attached hydrogens (primary N) is 1. The molecule has 6 heterocycles. The molecule has 1 aromatic rings. The highest BCUT2D eigenvalue weighted by atomic mass is 32.2. The molecule has 5 aliphatic heterocycles. The molecule has 2 atom stereocenters. The zero-order chi connectivity index (χ0) is 25.7. The molecule has 190 valence electrons. The van der Waals surface area contributed by atoms with Gasteiger partial charge < -0.3 is 25.5 Å². The van der Waals surface area contributed by atoms with Crippen LogP contribution in [0.4, 0.5) is 5.13 Å². The molecule has 2 bridgehead atoms. The highest BCUT2D eigenvalue weighted by molar-refractivity contribution is 8.00. The molecule has 0 radical (unpaired) electrons.